The molecule has 2 atom stereocenters. The average Bonchev–Trinajstić information content (AvgIpc) is 3.37. The van der Waals surface area contributed by atoms with Crippen LogP contribution in [0, 0.1) is 5.41 Å². The minimum absolute atomic E-state index is 0.114. The van der Waals surface area contributed by atoms with Gasteiger partial charge >= 0.3 is 0 Å². The van der Waals surface area contributed by atoms with E-state index in [4.69, 9.17) is 28.4 Å². The summed E-state index contributed by atoms with van der Waals surface area (Å²) in [5, 5.41) is 0. The SMILES string of the molecule is CCC(COCCOC)(COCC1CO1)COCC1CO1. The zero-order chi connectivity index (χ0) is 15.0. The van der Waals surface area contributed by atoms with E-state index in [1.54, 1.807) is 7.11 Å². The quantitative estimate of drug-likeness (QED) is 0.351. The van der Waals surface area contributed by atoms with Gasteiger partial charge in [-0.25, -0.2) is 0 Å². The maximum absolute atomic E-state index is 5.80. The van der Waals surface area contributed by atoms with Crippen molar-refractivity contribution in [2.45, 2.75) is 25.6 Å². The molecule has 0 aromatic rings. The molecule has 2 unspecified atom stereocenters. The zero-order valence-electron chi connectivity index (χ0n) is 13.2. The molecule has 6 nitrogen and oxygen atoms in total. The number of hydrogen-bond donors (Lipinski definition) is 0. The van der Waals surface area contributed by atoms with Crippen molar-refractivity contribution >= 4 is 0 Å². The highest BCUT2D eigenvalue weighted by Crippen LogP contribution is 2.25. The fourth-order valence-electron chi connectivity index (χ4n) is 2.00. The van der Waals surface area contributed by atoms with Crippen molar-refractivity contribution in [1.29, 1.82) is 0 Å². The van der Waals surface area contributed by atoms with E-state index in [9.17, 15) is 0 Å². The lowest BCUT2D eigenvalue weighted by Gasteiger charge is -2.32. The Kier molecular flexibility index (Phi) is 7.36. The van der Waals surface area contributed by atoms with Crippen LogP contribution in [-0.4, -0.2) is 78.8 Å². The van der Waals surface area contributed by atoms with Crippen LogP contribution in [0.3, 0.4) is 0 Å². The summed E-state index contributed by atoms with van der Waals surface area (Å²) < 4.78 is 32.7. The topological polar surface area (TPSA) is 62.0 Å². The van der Waals surface area contributed by atoms with Crippen LogP contribution in [0.15, 0.2) is 0 Å². The first kappa shape index (κ1) is 17.1. The van der Waals surface area contributed by atoms with Crippen LogP contribution in [-0.2, 0) is 28.4 Å². The fraction of sp³-hybridized carbons (Fsp3) is 1.00. The molecular formula is C15H28O6. The standard InChI is InChI=1S/C15H28O6/c1-3-15(10-17-5-4-16-2,11-18-6-13-8-20-13)12-19-7-14-9-21-14/h13-14H,3-12H2,1-2H3. The molecule has 0 saturated carbocycles. The maximum Gasteiger partial charge on any atom is 0.104 e. The van der Waals surface area contributed by atoms with E-state index < -0.39 is 0 Å². The molecule has 0 bridgehead atoms. The second-order valence-electron chi connectivity index (χ2n) is 5.84. The summed E-state index contributed by atoms with van der Waals surface area (Å²) in [5.41, 5.74) is -0.114. The molecule has 2 fully saturated rings. The van der Waals surface area contributed by atoms with E-state index in [1.165, 1.54) is 0 Å². The van der Waals surface area contributed by atoms with Crippen LogP contribution < -0.4 is 0 Å². The number of hydrogen-bond acceptors (Lipinski definition) is 6. The predicted molar refractivity (Wildman–Crippen MR) is 76.5 cm³/mol. The van der Waals surface area contributed by atoms with Crippen LogP contribution in [0.2, 0.25) is 0 Å². The molecule has 0 N–H and O–H groups in total. The lowest BCUT2D eigenvalue weighted by Crippen LogP contribution is -2.38. The number of epoxide rings is 2. The maximum atomic E-state index is 5.80. The summed E-state index contributed by atoms with van der Waals surface area (Å²) in [6.07, 6.45) is 1.52. The Morgan fingerprint density at radius 3 is 1.86 bits per heavy atom. The van der Waals surface area contributed by atoms with Gasteiger partial charge in [0.15, 0.2) is 0 Å². The van der Waals surface area contributed by atoms with Crippen molar-refractivity contribution in [2.24, 2.45) is 5.41 Å². The van der Waals surface area contributed by atoms with Crippen LogP contribution in [0.4, 0.5) is 0 Å². The van der Waals surface area contributed by atoms with Crippen LogP contribution >= 0.6 is 0 Å². The van der Waals surface area contributed by atoms with Crippen molar-refractivity contribution in [3.8, 4) is 0 Å². The minimum Gasteiger partial charge on any atom is -0.382 e. The first-order valence-electron chi connectivity index (χ1n) is 7.73. The van der Waals surface area contributed by atoms with Crippen molar-refractivity contribution in [1.82, 2.24) is 0 Å². The Hall–Kier alpha value is -0.240. The highest BCUT2D eigenvalue weighted by atomic mass is 16.6. The molecule has 0 radical (unpaired) electrons. The third kappa shape index (κ3) is 7.04. The molecule has 21 heavy (non-hydrogen) atoms. The molecule has 0 aliphatic carbocycles. The van der Waals surface area contributed by atoms with E-state index in [1.807, 2.05) is 0 Å². The van der Waals surface area contributed by atoms with E-state index in [0.717, 1.165) is 19.6 Å². The molecule has 0 aromatic heterocycles. The summed E-state index contributed by atoms with van der Waals surface area (Å²) in [6.45, 7) is 8.17. The Morgan fingerprint density at radius 2 is 1.43 bits per heavy atom. The third-order valence-electron chi connectivity index (χ3n) is 3.82. The van der Waals surface area contributed by atoms with Gasteiger partial charge in [-0.15, -0.1) is 0 Å². The van der Waals surface area contributed by atoms with Gasteiger partial charge < -0.3 is 28.4 Å². The van der Waals surface area contributed by atoms with Gasteiger partial charge in [-0.05, 0) is 6.42 Å². The van der Waals surface area contributed by atoms with Gasteiger partial charge in [0.2, 0.25) is 0 Å². The van der Waals surface area contributed by atoms with Gasteiger partial charge in [0.25, 0.3) is 0 Å². The van der Waals surface area contributed by atoms with E-state index in [2.05, 4.69) is 6.92 Å². The lowest BCUT2D eigenvalue weighted by atomic mass is 9.88. The van der Waals surface area contributed by atoms with Crippen molar-refractivity contribution in [3.05, 3.63) is 0 Å². The molecule has 6 heteroatoms. The molecule has 124 valence electrons. The molecule has 2 rings (SSSR count). The average molecular weight is 304 g/mol. The fourth-order valence-corrected chi connectivity index (χ4v) is 2.00. The third-order valence-corrected chi connectivity index (χ3v) is 3.82. The molecule has 2 aliphatic rings. The van der Waals surface area contributed by atoms with Crippen LogP contribution in [0.25, 0.3) is 0 Å². The van der Waals surface area contributed by atoms with E-state index >= 15 is 0 Å². The summed E-state index contributed by atoms with van der Waals surface area (Å²) in [6, 6.07) is 0. The van der Waals surface area contributed by atoms with Gasteiger partial charge in [-0.2, -0.15) is 0 Å². The lowest BCUT2D eigenvalue weighted by molar-refractivity contribution is -0.0794. The first-order chi connectivity index (χ1) is 10.3. The van der Waals surface area contributed by atoms with Gasteiger partial charge in [-0.3, -0.25) is 0 Å². The van der Waals surface area contributed by atoms with Gasteiger partial charge in [0, 0.05) is 12.5 Å². The summed E-state index contributed by atoms with van der Waals surface area (Å²) in [7, 11) is 1.67. The van der Waals surface area contributed by atoms with Crippen molar-refractivity contribution in [3.63, 3.8) is 0 Å². The predicted octanol–water partition coefficient (Wildman–Crippen LogP) is 0.877. The van der Waals surface area contributed by atoms with Crippen LogP contribution in [0.1, 0.15) is 13.3 Å². The normalized spacial score (nSPS) is 26.6. The number of methoxy groups -OCH3 is 1. The second kappa shape index (κ2) is 9.02. The Morgan fingerprint density at radius 1 is 0.905 bits per heavy atom. The molecule has 2 aliphatic heterocycles. The van der Waals surface area contributed by atoms with E-state index in [-0.39, 0.29) is 17.6 Å². The molecule has 2 heterocycles. The monoisotopic (exact) mass is 304 g/mol. The largest absolute Gasteiger partial charge is 0.382 e. The molecule has 0 amide bonds. The molecule has 2 saturated heterocycles. The summed E-state index contributed by atoms with van der Waals surface area (Å²) >= 11 is 0. The summed E-state index contributed by atoms with van der Waals surface area (Å²) in [5.74, 6) is 0. The Bertz CT molecular complexity index is 259. The first-order valence-corrected chi connectivity index (χ1v) is 7.73. The van der Waals surface area contributed by atoms with Gasteiger partial charge in [-0.1, -0.05) is 6.92 Å². The minimum atomic E-state index is -0.114. The van der Waals surface area contributed by atoms with Crippen LogP contribution in [0.5, 0.6) is 0 Å². The second-order valence-corrected chi connectivity index (χ2v) is 5.84. The van der Waals surface area contributed by atoms with Gasteiger partial charge in [0.05, 0.1) is 59.5 Å². The highest BCUT2D eigenvalue weighted by molar-refractivity contribution is 4.79. The zero-order valence-corrected chi connectivity index (χ0v) is 13.2. The smallest absolute Gasteiger partial charge is 0.104 e. The van der Waals surface area contributed by atoms with Gasteiger partial charge in [0.1, 0.15) is 12.2 Å². The Balaban J connectivity index is 1.71. The number of ether oxygens (including phenoxy) is 6. The Labute approximate surface area is 127 Å². The number of rotatable bonds is 14. The van der Waals surface area contributed by atoms with E-state index in [0.29, 0.717) is 46.2 Å². The molecule has 0 aromatic carbocycles. The molecular weight excluding hydrogens is 276 g/mol. The summed E-state index contributed by atoms with van der Waals surface area (Å²) in [4.78, 5) is 0. The van der Waals surface area contributed by atoms with Crippen molar-refractivity contribution in [2.75, 3.05) is 66.6 Å². The molecule has 0 spiro atoms. The van der Waals surface area contributed by atoms with Crippen molar-refractivity contribution < 1.29 is 28.4 Å². The highest BCUT2D eigenvalue weighted by Gasteiger charge is 2.33.